The predicted octanol–water partition coefficient (Wildman–Crippen LogP) is 5.37. The number of nitrogens with zero attached hydrogens (tertiary/aromatic N) is 1. The first-order valence-corrected chi connectivity index (χ1v) is 12.8. The van der Waals surface area contributed by atoms with Gasteiger partial charge in [0.15, 0.2) is 6.61 Å². The van der Waals surface area contributed by atoms with Crippen LogP contribution in [0, 0.1) is 9.39 Å². The zero-order valence-electron chi connectivity index (χ0n) is 19.8. The van der Waals surface area contributed by atoms with Gasteiger partial charge in [-0.1, -0.05) is 61.9 Å². The molecule has 5 nitrogen and oxygen atoms in total. The predicted molar refractivity (Wildman–Crippen MR) is 143 cm³/mol. The number of benzene rings is 3. The van der Waals surface area contributed by atoms with Crippen LogP contribution in [0.15, 0.2) is 78.9 Å². The number of unbranched alkanes of at least 4 members (excludes halogenated alkanes) is 1. The van der Waals surface area contributed by atoms with E-state index in [-0.39, 0.29) is 19.1 Å². The highest BCUT2D eigenvalue weighted by atomic mass is 127. The van der Waals surface area contributed by atoms with E-state index >= 15 is 0 Å². The van der Waals surface area contributed by atoms with Crippen molar-refractivity contribution in [1.82, 2.24) is 10.2 Å². The minimum absolute atomic E-state index is 0.0414. The summed E-state index contributed by atoms with van der Waals surface area (Å²) >= 11 is 2.19. The van der Waals surface area contributed by atoms with Crippen LogP contribution in [-0.2, 0) is 22.6 Å². The number of amides is 2. The highest BCUT2D eigenvalue weighted by Crippen LogP contribution is 2.18. The van der Waals surface area contributed by atoms with Crippen molar-refractivity contribution in [3.8, 4) is 5.75 Å². The number of ether oxygens (including phenoxy) is 1. The van der Waals surface area contributed by atoms with Crippen molar-refractivity contribution in [2.24, 2.45) is 0 Å². The van der Waals surface area contributed by atoms with E-state index in [1.54, 1.807) is 30.3 Å². The van der Waals surface area contributed by atoms with Gasteiger partial charge in [-0.2, -0.15) is 0 Å². The topological polar surface area (TPSA) is 58.6 Å². The Morgan fingerprint density at radius 1 is 1.00 bits per heavy atom. The molecule has 1 unspecified atom stereocenters. The van der Waals surface area contributed by atoms with E-state index in [0.717, 1.165) is 22.0 Å². The number of rotatable bonds is 12. The highest BCUT2D eigenvalue weighted by Gasteiger charge is 2.31. The Kier molecular flexibility index (Phi) is 10.5. The summed E-state index contributed by atoms with van der Waals surface area (Å²) in [5.74, 6) is -0.523. The van der Waals surface area contributed by atoms with Crippen molar-refractivity contribution >= 4 is 34.4 Å². The molecule has 7 heteroatoms. The molecule has 0 spiro atoms. The second-order valence-corrected chi connectivity index (χ2v) is 9.45. The molecule has 0 bridgehead atoms. The lowest BCUT2D eigenvalue weighted by molar-refractivity contribution is -0.142. The van der Waals surface area contributed by atoms with Gasteiger partial charge in [0, 0.05) is 28.6 Å². The van der Waals surface area contributed by atoms with Crippen molar-refractivity contribution in [3.63, 3.8) is 0 Å². The van der Waals surface area contributed by atoms with E-state index in [9.17, 15) is 14.0 Å². The monoisotopic (exact) mass is 588 g/mol. The fourth-order valence-corrected chi connectivity index (χ4v) is 3.99. The van der Waals surface area contributed by atoms with Gasteiger partial charge in [-0.15, -0.1) is 0 Å². The van der Waals surface area contributed by atoms with Crippen molar-refractivity contribution in [3.05, 3.63) is 99.4 Å². The highest BCUT2D eigenvalue weighted by molar-refractivity contribution is 14.1. The van der Waals surface area contributed by atoms with Crippen molar-refractivity contribution in [1.29, 1.82) is 0 Å². The summed E-state index contributed by atoms with van der Waals surface area (Å²) in [6, 6.07) is 22.4. The average Bonchev–Trinajstić information content (AvgIpc) is 2.87. The average molecular weight is 588 g/mol. The smallest absolute Gasteiger partial charge is 0.261 e. The van der Waals surface area contributed by atoms with Crippen LogP contribution in [0.2, 0.25) is 0 Å². The normalized spacial score (nSPS) is 11.5. The molecule has 3 aromatic rings. The first-order valence-electron chi connectivity index (χ1n) is 11.7. The van der Waals surface area contributed by atoms with Crippen molar-refractivity contribution in [2.45, 2.75) is 38.8 Å². The molecule has 35 heavy (non-hydrogen) atoms. The van der Waals surface area contributed by atoms with Crippen molar-refractivity contribution < 1.29 is 18.7 Å². The van der Waals surface area contributed by atoms with Gasteiger partial charge < -0.3 is 15.0 Å². The molecule has 0 saturated heterocycles. The maximum atomic E-state index is 14.6. The molecular formula is C28H30FIN2O3. The second-order valence-electron chi connectivity index (χ2n) is 8.21. The molecule has 0 fully saturated rings. The van der Waals surface area contributed by atoms with Gasteiger partial charge >= 0.3 is 0 Å². The standard InChI is InChI=1S/C28H30FIN2O3/c1-2-3-17-31-28(34)26(18-21-9-5-4-6-10-21)32(19-22-11-7-8-12-25(22)29)27(33)20-35-24-15-13-23(30)14-16-24/h4-16,26H,2-3,17-20H2,1H3,(H,31,34). The van der Waals surface area contributed by atoms with E-state index in [4.69, 9.17) is 4.74 Å². The Hall–Kier alpha value is -2.94. The third kappa shape index (κ3) is 8.35. The number of nitrogens with one attached hydrogen (secondary N) is 1. The van der Waals surface area contributed by atoms with Crippen LogP contribution < -0.4 is 10.1 Å². The molecule has 0 saturated carbocycles. The number of hydrogen-bond acceptors (Lipinski definition) is 3. The summed E-state index contributed by atoms with van der Waals surface area (Å²) in [4.78, 5) is 28.2. The molecular weight excluding hydrogens is 558 g/mol. The van der Waals surface area contributed by atoms with Crippen LogP contribution in [0.5, 0.6) is 5.75 Å². The Balaban J connectivity index is 1.88. The molecule has 0 aliphatic carbocycles. The van der Waals surface area contributed by atoms with Gasteiger partial charge in [-0.3, -0.25) is 9.59 Å². The lowest BCUT2D eigenvalue weighted by atomic mass is 10.0. The number of halogens is 2. The van der Waals surface area contributed by atoms with E-state index < -0.39 is 17.8 Å². The summed E-state index contributed by atoms with van der Waals surface area (Å²) in [6.07, 6.45) is 2.08. The van der Waals surface area contributed by atoms with Gasteiger partial charge in [-0.25, -0.2) is 4.39 Å². The lowest BCUT2D eigenvalue weighted by Crippen LogP contribution is -2.52. The van der Waals surface area contributed by atoms with Crippen molar-refractivity contribution in [2.75, 3.05) is 13.2 Å². The number of carbonyl (C=O) groups is 2. The Labute approximate surface area is 219 Å². The molecule has 0 aromatic heterocycles. The van der Waals surface area contributed by atoms with Gasteiger partial charge in [0.05, 0.1) is 0 Å². The molecule has 0 radical (unpaired) electrons. The Morgan fingerprint density at radius 3 is 2.37 bits per heavy atom. The minimum Gasteiger partial charge on any atom is -0.484 e. The lowest BCUT2D eigenvalue weighted by Gasteiger charge is -2.31. The van der Waals surface area contributed by atoms with Crippen LogP contribution in [-0.4, -0.2) is 35.9 Å². The van der Waals surface area contributed by atoms with Gasteiger partial charge in [0.2, 0.25) is 5.91 Å². The molecule has 1 N–H and O–H groups in total. The first-order chi connectivity index (χ1) is 17.0. The van der Waals surface area contributed by atoms with Crippen LogP contribution in [0.25, 0.3) is 0 Å². The molecule has 3 rings (SSSR count). The third-order valence-corrected chi connectivity index (χ3v) is 6.29. The quantitative estimate of drug-likeness (QED) is 0.229. The second kappa shape index (κ2) is 13.8. The van der Waals surface area contributed by atoms with Crippen LogP contribution >= 0.6 is 22.6 Å². The summed E-state index contributed by atoms with van der Waals surface area (Å²) in [5, 5.41) is 2.95. The zero-order chi connectivity index (χ0) is 25.0. The maximum absolute atomic E-state index is 14.6. The molecule has 2 amide bonds. The molecule has 3 aromatic carbocycles. The third-order valence-electron chi connectivity index (χ3n) is 5.58. The molecule has 1 atom stereocenters. The molecule has 184 valence electrons. The SMILES string of the molecule is CCCCNC(=O)C(Cc1ccccc1)N(Cc1ccccc1F)C(=O)COc1ccc(I)cc1. The Morgan fingerprint density at radius 2 is 1.69 bits per heavy atom. The molecule has 0 aliphatic heterocycles. The van der Waals surface area contributed by atoms with E-state index in [1.807, 2.05) is 49.4 Å². The van der Waals surface area contributed by atoms with Gasteiger partial charge in [0.25, 0.3) is 5.91 Å². The summed E-state index contributed by atoms with van der Waals surface area (Å²) in [6.45, 7) is 2.26. The van der Waals surface area contributed by atoms with Crippen LogP contribution in [0.4, 0.5) is 4.39 Å². The van der Waals surface area contributed by atoms with Crippen LogP contribution in [0.3, 0.4) is 0 Å². The van der Waals surface area contributed by atoms with E-state index in [1.165, 1.54) is 11.0 Å². The fourth-order valence-electron chi connectivity index (χ4n) is 3.63. The van der Waals surface area contributed by atoms with E-state index in [0.29, 0.717) is 24.3 Å². The number of carbonyl (C=O) groups excluding carboxylic acids is 2. The molecule has 0 heterocycles. The summed E-state index contributed by atoms with van der Waals surface area (Å²) in [7, 11) is 0. The summed E-state index contributed by atoms with van der Waals surface area (Å²) in [5.41, 5.74) is 1.25. The largest absolute Gasteiger partial charge is 0.484 e. The van der Waals surface area contributed by atoms with Gasteiger partial charge in [0.1, 0.15) is 17.6 Å². The number of hydrogen-bond donors (Lipinski definition) is 1. The summed E-state index contributed by atoms with van der Waals surface area (Å²) < 4.78 is 21.4. The van der Waals surface area contributed by atoms with Gasteiger partial charge in [-0.05, 0) is 64.9 Å². The first kappa shape index (κ1) is 26.7. The van der Waals surface area contributed by atoms with Crippen LogP contribution in [0.1, 0.15) is 30.9 Å². The Bertz CT molecular complexity index is 1090. The minimum atomic E-state index is -0.818. The van der Waals surface area contributed by atoms with E-state index in [2.05, 4.69) is 27.9 Å². The molecule has 0 aliphatic rings. The maximum Gasteiger partial charge on any atom is 0.261 e. The fraction of sp³-hybridized carbons (Fsp3) is 0.286. The zero-order valence-corrected chi connectivity index (χ0v) is 21.9.